The van der Waals surface area contributed by atoms with Crippen molar-refractivity contribution in [1.29, 1.82) is 0 Å². The van der Waals surface area contributed by atoms with Crippen molar-refractivity contribution in [3.8, 4) is 0 Å². The van der Waals surface area contributed by atoms with E-state index in [1.54, 1.807) is 0 Å². The molecule has 0 unspecified atom stereocenters. The van der Waals surface area contributed by atoms with E-state index in [4.69, 9.17) is 0 Å². The SMILES string of the molecule is CC1(C)[C@@H]2CC[C@@]1(C)[C@H](CO)C2. The molecule has 0 aromatic heterocycles. The van der Waals surface area contributed by atoms with Gasteiger partial charge < -0.3 is 5.11 Å². The van der Waals surface area contributed by atoms with Crippen LogP contribution >= 0.6 is 0 Å². The Hall–Kier alpha value is -0.0400. The zero-order valence-corrected chi connectivity index (χ0v) is 8.43. The second-order valence-electron chi connectivity index (χ2n) is 5.49. The van der Waals surface area contributed by atoms with Crippen LogP contribution in [0.5, 0.6) is 0 Å². The minimum atomic E-state index is 0.399. The van der Waals surface area contributed by atoms with Gasteiger partial charge in [-0.05, 0) is 41.9 Å². The molecule has 0 aromatic rings. The molecule has 1 heteroatoms. The molecule has 2 rings (SSSR count). The summed E-state index contributed by atoms with van der Waals surface area (Å²) in [5, 5.41) is 9.29. The van der Waals surface area contributed by atoms with E-state index in [-0.39, 0.29) is 0 Å². The lowest BCUT2D eigenvalue weighted by atomic mass is 9.67. The summed E-state index contributed by atoms with van der Waals surface area (Å²) in [7, 11) is 0. The largest absolute Gasteiger partial charge is 0.396 e. The molecular weight excluding hydrogens is 148 g/mol. The first kappa shape index (κ1) is 8.55. The summed E-state index contributed by atoms with van der Waals surface area (Å²) < 4.78 is 0. The molecule has 0 radical (unpaired) electrons. The Morgan fingerprint density at radius 1 is 1.33 bits per heavy atom. The molecule has 1 nitrogen and oxygen atoms in total. The van der Waals surface area contributed by atoms with E-state index in [9.17, 15) is 5.11 Å². The molecule has 2 aliphatic rings. The van der Waals surface area contributed by atoms with E-state index in [1.807, 2.05) is 0 Å². The Bertz CT molecular complexity index is 197. The summed E-state index contributed by atoms with van der Waals surface area (Å²) in [6.07, 6.45) is 3.98. The van der Waals surface area contributed by atoms with E-state index < -0.39 is 0 Å². The van der Waals surface area contributed by atoms with Crippen molar-refractivity contribution in [2.45, 2.75) is 40.0 Å². The monoisotopic (exact) mass is 168 g/mol. The first-order valence-electron chi connectivity index (χ1n) is 5.13. The fourth-order valence-corrected chi connectivity index (χ4v) is 3.65. The highest BCUT2D eigenvalue weighted by molar-refractivity contribution is 5.09. The second-order valence-corrected chi connectivity index (χ2v) is 5.49. The Labute approximate surface area is 75.2 Å². The van der Waals surface area contributed by atoms with Crippen LogP contribution < -0.4 is 0 Å². The van der Waals surface area contributed by atoms with E-state index >= 15 is 0 Å². The highest BCUT2D eigenvalue weighted by Gasteiger charge is 2.60. The third-order valence-corrected chi connectivity index (χ3v) is 5.20. The van der Waals surface area contributed by atoms with Crippen molar-refractivity contribution in [2.75, 3.05) is 6.61 Å². The van der Waals surface area contributed by atoms with Crippen LogP contribution in [0.2, 0.25) is 0 Å². The maximum atomic E-state index is 9.29. The lowest BCUT2D eigenvalue weighted by Crippen LogP contribution is -2.33. The van der Waals surface area contributed by atoms with Crippen LogP contribution in [-0.4, -0.2) is 11.7 Å². The fourth-order valence-electron chi connectivity index (χ4n) is 3.65. The Morgan fingerprint density at radius 2 is 2.00 bits per heavy atom. The smallest absolute Gasteiger partial charge is 0.0464 e. The summed E-state index contributed by atoms with van der Waals surface area (Å²) in [5.41, 5.74) is 0.896. The maximum Gasteiger partial charge on any atom is 0.0464 e. The van der Waals surface area contributed by atoms with Crippen LogP contribution in [0.15, 0.2) is 0 Å². The van der Waals surface area contributed by atoms with Gasteiger partial charge in [0.25, 0.3) is 0 Å². The van der Waals surface area contributed by atoms with Crippen LogP contribution in [0.1, 0.15) is 40.0 Å². The van der Waals surface area contributed by atoms with Gasteiger partial charge in [-0.15, -0.1) is 0 Å². The van der Waals surface area contributed by atoms with E-state index in [0.717, 1.165) is 5.92 Å². The summed E-state index contributed by atoms with van der Waals surface area (Å²) in [6, 6.07) is 0. The molecule has 70 valence electrons. The molecule has 0 aliphatic heterocycles. The lowest BCUT2D eigenvalue weighted by molar-refractivity contribution is 0.0625. The average molecular weight is 168 g/mol. The predicted molar refractivity (Wildman–Crippen MR) is 49.8 cm³/mol. The summed E-state index contributed by atoms with van der Waals surface area (Å²) in [4.78, 5) is 0. The van der Waals surface area contributed by atoms with Gasteiger partial charge in [0.2, 0.25) is 0 Å². The van der Waals surface area contributed by atoms with Gasteiger partial charge in [-0.1, -0.05) is 20.8 Å². The minimum Gasteiger partial charge on any atom is -0.396 e. The number of hydrogen-bond acceptors (Lipinski definition) is 1. The first-order valence-corrected chi connectivity index (χ1v) is 5.13. The molecule has 1 N–H and O–H groups in total. The molecule has 2 aliphatic carbocycles. The van der Waals surface area contributed by atoms with Crippen molar-refractivity contribution in [1.82, 2.24) is 0 Å². The molecule has 0 saturated heterocycles. The Morgan fingerprint density at radius 3 is 2.25 bits per heavy atom. The number of aliphatic hydroxyl groups excluding tert-OH is 1. The van der Waals surface area contributed by atoms with Gasteiger partial charge in [-0.2, -0.15) is 0 Å². The molecule has 2 bridgehead atoms. The third kappa shape index (κ3) is 0.736. The van der Waals surface area contributed by atoms with Crippen molar-refractivity contribution in [3.63, 3.8) is 0 Å². The number of fused-ring (bicyclic) bond motifs is 2. The van der Waals surface area contributed by atoms with Crippen LogP contribution in [0.3, 0.4) is 0 Å². The second kappa shape index (κ2) is 2.25. The number of aliphatic hydroxyl groups is 1. The zero-order chi connectivity index (χ0) is 8.98. The molecule has 0 amide bonds. The third-order valence-electron chi connectivity index (χ3n) is 5.20. The normalized spacial score (nSPS) is 50.0. The quantitative estimate of drug-likeness (QED) is 0.637. The van der Waals surface area contributed by atoms with Crippen molar-refractivity contribution >= 4 is 0 Å². The molecule has 2 fully saturated rings. The maximum absolute atomic E-state index is 9.29. The molecule has 0 spiro atoms. The predicted octanol–water partition coefficient (Wildman–Crippen LogP) is 2.44. The standard InChI is InChI=1S/C11H20O/c1-10(2)8-4-5-11(10,3)9(6-8)7-12/h8-9,12H,4-7H2,1-3H3/t8-,9+,11+/m1/s1. The lowest BCUT2D eigenvalue weighted by Gasteiger charge is -2.38. The van der Waals surface area contributed by atoms with Crippen LogP contribution in [0.4, 0.5) is 0 Å². The van der Waals surface area contributed by atoms with Crippen LogP contribution in [-0.2, 0) is 0 Å². The highest BCUT2D eigenvalue weighted by Crippen LogP contribution is 2.67. The Kier molecular flexibility index (Phi) is 1.61. The van der Waals surface area contributed by atoms with Crippen molar-refractivity contribution < 1.29 is 5.11 Å². The molecule has 0 heterocycles. The van der Waals surface area contributed by atoms with Gasteiger partial charge in [0.15, 0.2) is 0 Å². The van der Waals surface area contributed by atoms with Crippen LogP contribution in [0.25, 0.3) is 0 Å². The van der Waals surface area contributed by atoms with Gasteiger partial charge >= 0.3 is 0 Å². The zero-order valence-electron chi connectivity index (χ0n) is 8.43. The van der Waals surface area contributed by atoms with Gasteiger partial charge in [0.05, 0.1) is 0 Å². The fraction of sp³-hybridized carbons (Fsp3) is 1.00. The van der Waals surface area contributed by atoms with E-state index in [2.05, 4.69) is 20.8 Å². The minimum absolute atomic E-state index is 0.399. The van der Waals surface area contributed by atoms with Crippen molar-refractivity contribution in [3.05, 3.63) is 0 Å². The number of hydrogen-bond donors (Lipinski definition) is 1. The van der Waals surface area contributed by atoms with Crippen molar-refractivity contribution in [2.24, 2.45) is 22.7 Å². The molecule has 2 saturated carbocycles. The Balaban J connectivity index is 2.33. The topological polar surface area (TPSA) is 20.2 Å². The van der Waals surface area contributed by atoms with Gasteiger partial charge in [-0.3, -0.25) is 0 Å². The number of rotatable bonds is 1. The summed E-state index contributed by atoms with van der Waals surface area (Å²) >= 11 is 0. The first-order chi connectivity index (χ1) is 5.52. The highest BCUT2D eigenvalue weighted by atomic mass is 16.3. The van der Waals surface area contributed by atoms with E-state index in [1.165, 1.54) is 19.3 Å². The van der Waals surface area contributed by atoms with Gasteiger partial charge in [-0.25, -0.2) is 0 Å². The molecular formula is C11H20O. The molecule has 3 atom stereocenters. The summed E-state index contributed by atoms with van der Waals surface area (Å²) in [6.45, 7) is 7.55. The van der Waals surface area contributed by atoms with Gasteiger partial charge in [0, 0.05) is 6.61 Å². The summed E-state index contributed by atoms with van der Waals surface area (Å²) in [5.74, 6) is 1.45. The molecule has 12 heavy (non-hydrogen) atoms. The molecule has 0 aromatic carbocycles. The van der Waals surface area contributed by atoms with Crippen LogP contribution in [0, 0.1) is 22.7 Å². The average Bonchev–Trinajstić information content (AvgIpc) is 2.34. The van der Waals surface area contributed by atoms with Gasteiger partial charge in [0.1, 0.15) is 0 Å². The van der Waals surface area contributed by atoms with E-state index in [0.29, 0.717) is 23.4 Å².